The first kappa shape index (κ1) is 13.9. The van der Waals surface area contributed by atoms with Gasteiger partial charge in [0.05, 0.1) is 18.3 Å². The lowest BCUT2D eigenvalue weighted by Gasteiger charge is -2.15. The quantitative estimate of drug-likeness (QED) is 0.647. The number of benzene rings is 1. The molecule has 106 valence electrons. The molecule has 1 unspecified atom stereocenters. The van der Waals surface area contributed by atoms with E-state index in [2.05, 4.69) is 5.32 Å². The van der Waals surface area contributed by atoms with E-state index in [-0.39, 0.29) is 17.5 Å². The second kappa shape index (κ2) is 6.10. The summed E-state index contributed by atoms with van der Waals surface area (Å²) < 4.78 is 10.3. The maximum atomic E-state index is 11.2. The van der Waals surface area contributed by atoms with Crippen molar-refractivity contribution < 1.29 is 14.1 Å². The van der Waals surface area contributed by atoms with Crippen molar-refractivity contribution in [3.8, 4) is 5.75 Å². The maximum Gasteiger partial charge on any atom is 0.333 e. The Morgan fingerprint density at radius 1 is 1.40 bits per heavy atom. The zero-order valence-corrected chi connectivity index (χ0v) is 11.3. The largest absolute Gasteiger partial charge is 0.490 e. The first-order chi connectivity index (χ1) is 9.61. The van der Waals surface area contributed by atoms with Gasteiger partial charge >= 0.3 is 5.69 Å². The van der Waals surface area contributed by atoms with Gasteiger partial charge in [-0.25, -0.2) is 0 Å². The normalized spacial score (nSPS) is 11.9. The first-order valence-corrected chi connectivity index (χ1v) is 6.22. The minimum absolute atomic E-state index is 0.00745. The van der Waals surface area contributed by atoms with Gasteiger partial charge in [0.15, 0.2) is 5.75 Å². The maximum absolute atomic E-state index is 11.2. The van der Waals surface area contributed by atoms with Crippen LogP contribution in [-0.2, 0) is 6.42 Å². The van der Waals surface area contributed by atoms with Gasteiger partial charge in [0.25, 0.3) is 0 Å². The lowest BCUT2D eigenvalue weighted by atomic mass is 10.1. The molecule has 0 aliphatic heterocycles. The van der Waals surface area contributed by atoms with Gasteiger partial charge in [0, 0.05) is 12.5 Å². The fourth-order valence-corrected chi connectivity index (χ4v) is 2.04. The van der Waals surface area contributed by atoms with Crippen LogP contribution in [0.4, 0.5) is 11.4 Å². The number of nitrogens with zero attached hydrogens (tertiary/aromatic N) is 1. The Hall–Kier alpha value is -2.50. The molecule has 1 heterocycles. The molecule has 0 aliphatic rings. The number of nitro benzene ring substituents is 1. The molecule has 6 heteroatoms. The molecular formula is C14H16N2O4. The second-order valence-electron chi connectivity index (χ2n) is 4.44. The summed E-state index contributed by atoms with van der Waals surface area (Å²) in [4.78, 5) is 10.7. The van der Waals surface area contributed by atoms with Gasteiger partial charge in [-0.1, -0.05) is 6.07 Å². The Bertz CT molecular complexity index is 581. The van der Waals surface area contributed by atoms with Crippen LogP contribution in [0.1, 0.15) is 12.7 Å². The van der Waals surface area contributed by atoms with Crippen LogP contribution in [0.3, 0.4) is 0 Å². The van der Waals surface area contributed by atoms with Crippen molar-refractivity contribution in [1.29, 1.82) is 0 Å². The van der Waals surface area contributed by atoms with Crippen molar-refractivity contribution in [2.45, 2.75) is 19.4 Å². The highest BCUT2D eigenvalue weighted by molar-refractivity contribution is 5.68. The number of nitrogens with one attached hydrogen (secondary N) is 1. The van der Waals surface area contributed by atoms with Crippen molar-refractivity contribution in [2.24, 2.45) is 0 Å². The van der Waals surface area contributed by atoms with E-state index in [0.29, 0.717) is 12.1 Å². The van der Waals surface area contributed by atoms with Crippen LogP contribution in [-0.4, -0.2) is 18.1 Å². The van der Waals surface area contributed by atoms with Gasteiger partial charge in [-0.05, 0) is 31.2 Å². The number of hydrogen-bond donors (Lipinski definition) is 1. The Morgan fingerprint density at radius 3 is 2.80 bits per heavy atom. The fraction of sp³-hybridized carbons (Fsp3) is 0.286. The monoisotopic (exact) mass is 276 g/mol. The van der Waals surface area contributed by atoms with Gasteiger partial charge in [-0.3, -0.25) is 10.1 Å². The molecule has 6 nitrogen and oxygen atoms in total. The topological polar surface area (TPSA) is 77.5 Å². The highest BCUT2D eigenvalue weighted by atomic mass is 16.6. The van der Waals surface area contributed by atoms with Gasteiger partial charge in [0.2, 0.25) is 0 Å². The molecule has 1 aromatic heterocycles. The number of nitro groups is 1. The third kappa shape index (κ3) is 3.09. The molecule has 1 atom stereocenters. The molecule has 0 aliphatic carbocycles. The Morgan fingerprint density at radius 2 is 2.20 bits per heavy atom. The number of anilines is 1. The number of para-hydroxylation sites is 1. The lowest BCUT2D eigenvalue weighted by Crippen LogP contribution is -2.18. The van der Waals surface area contributed by atoms with E-state index < -0.39 is 4.92 Å². The molecule has 0 radical (unpaired) electrons. The molecule has 0 amide bonds. The molecule has 20 heavy (non-hydrogen) atoms. The number of methoxy groups -OCH3 is 1. The zero-order valence-electron chi connectivity index (χ0n) is 11.3. The van der Waals surface area contributed by atoms with Gasteiger partial charge in [-0.15, -0.1) is 0 Å². The highest BCUT2D eigenvalue weighted by Crippen LogP contribution is 2.34. The van der Waals surface area contributed by atoms with E-state index in [4.69, 9.17) is 9.15 Å². The van der Waals surface area contributed by atoms with Crippen molar-refractivity contribution in [2.75, 3.05) is 12.4 Å². The summed E-state index contributed by atoms with van der Waals surface area (Å²) in [7, 11) is 1.42. The summed E-state index contributed by atoms with van der Waals surface area (Å²) in [5.41, 5.74) is 0.384. The zero-order chi connectivity index (χ0) is 14.5. The molecule has 0 bridgehead atoms. The summed E-state index contributed by atoms with van der Waals surface area (Å²) in [6.45, 7) is 1.94. The molecular weight excluding hydrogens is 260 g/mol. The molecule has 2 rings (SSSR count). The third-order valence-electron chi connectivity index (χ3n) is 2.89. The molecule has 1 aromatic carbocycles. The number of rotatable bonds is 6. The average Bonchev–Trinajstić information content (AvgIpc) is 2.90. The molecule has 0 saturated carbocycles. The van der Waals surface area contributed by atoms with E-state index in [0.717, 1.165) is 5.76 Å². The van der Waals surface area contributed by atoms with E-state index in [1.807, 2.05) is 19.1 Å². The van der Waals surface area contributed by atoms with Gasteiger partial charge < -0.3 is 14.5 Å². The molecule has 1 N–H and O–H groups in total. The van der Waals surface area contributed by atoms with Crippen LogP contribution in [0.2, 0.25) is 0 Å². The van der Waals surface area contributed by atoms with Crippen LogP contribution >= 0.6 is 0 Å². The van der Waals surface area contributed by atoms with Crippen molar-refractivity contribution >= 4 is 11.4 Å². The summed E-state index contributed by atoms with van der Waals surface area (Å²) >= 11 is 0. The molecule has 0 fully saturated rings. The smallest absolute Gasteiger partial charge is 0.333 e. The minimum atomic E-state index is -0.444. The summed E-state index contributed by atoms with van der Waals surface area (Å²) in [6.07, 6.45) is 2.25. The van der Waals surface area contributed by atoms with Crippen LogP contribution in [0.15, 0.2) is 41.0 Å². The summed E-state index contributed by atoms with van der Waals surface area (Å²) in [6, 6.07) is 8.63. The molecule has 2 aromatic rings. The van der Waals surface area contributed by atoms with E-state index in [9.17, 15) is 10.1 Å². The Kier molecular flexibility index (Phi) is 4.24. The first-order valence-electron chi connectivity index (χ1n) is 6.22. The number of ether oxygens (including phenoxy) is 1. The molecule has 0 spiro atoms. The summed E-state index contributed by atoms with van der Waals surface area (Å²) in [5, 5.41) is 14.3. The Balaban J connectivity index is 2.18. The summed E-state index contributed by atoms with van der Waals surface area (Å²) in [5.74, 6) is 1.07. The standard InChI is InChI=1S/C14H16N2O4/c1-10(9-11-5-4-8-20-11)15-12-6-3-7-13(19-2)14(12)16(17)18/h3-8,10,15H,9H2,1-2H3. The molecule has 0 saturated heterocycles. The van der Waals surface area contributed by atoms with E-state index >= 15 is 0 Å². The van der Waals surface area contributed by atoms with Crippen molar-refractivity contribution in [3.63, 3.8) is 0 Å². The minimum Gasteiger partial charge on any atom is -0.490 e. The highest BCUT2D eigenvalue weighted by Gasteiger charge is 2.21. The predicted octanol–water partition coefficient (Wildman–Crippen LogP) is 3.24. The van der Waals surface area contributed by atoms with Crippen LogP contribution in [0.25, 0.3) is 0 Å². The van der Waals surface area contributed by atoms with E-state index in [1.165, 1.54) is 7.11 Å². The predicted molar refractivity (Wildman–Crippen MR) is 75.1 cm³/mol. The SMILES string of the molecule is COc1cccc(NC(C)Cc2ccco2)c1[N+](=O)[O-]. The van der Waals surface area contributed by atoms with Gasteiger partial charge in [-0.2, -0.15) is 0 Å². The van der Waals surface area contributed by atoms with Crippen molar-refractivity contribution in [1.82, 2.24) is 0 Å². The second-order valence-corrected chi connectivity index (χ2v) is 4.44. The fourth-order valence-electron chi connectivity index (χ4n) is 2.04. The lowest BCUT2D eigenvalue weighted by molar-refractivity contribution is -0.384. The number of hydrogen-bond acceptors (Lipinski definition) is 5. The van der Waals surface area contributed by atoms with Gasteiger partial charge in [0.1, 0.15) is 11.4 Å². The average molecular weight is 276 g/mol. The van der Waals surface area contributed by atoms with Crippen LogP contribution in [0.5, 0.6) is 5.75 Å². The van der Waals surface area contributed by atoms with Crippen LogP contribution in [0, 0.1) is 10.1 Å². The Labute approximate surface area is 116 Å². The van der Waals surface area contributed by atoms with Crippen LogP contribution < -0.4 is 10.1 Å². The third-order valence-corrected chi connectivity index (χ3v) is 2.89. The van der Waals surface area contributed by atoms with Crippen molar-refractivity contribution in [3.05, 3.63) is 52.5 Å². The number of furan rings is 1. The van der Waals surface area contributed by atoms with E-state index in [1.54, 1.807) is 24.5 Å².